The Balaban J connectivity index is 1.91. The van der Waals surface area contributed by atoms with Crippen molar-refractivity contribution < 1.29 is 26.8 Å². The van der Waals surface area contributed by atoms with E-state index in [0.717, 1.165) is 17.0 Å². The highest BCUT2D eigenvalue weighted by Crippen LogP contribution is 2.34. The molecule has 0 fully saturated rings. The number of halogens is 4. The van der Waals surface area contributed by atoms with Crippen LogP contribution in [-0.2, 0) is 13.2 Å². The van der Waals surface area contributed by atoms with Crippen LogP contribution in [0.1, 0.15) is 15.9 Å². The van der Waals surface area contributed by atoms with E-state index < -0.39 is 29.0 Å². The molecule has 0 unspecified atom stereocenters. The molecule has 0 spiro atoms. The summed E-state index contributed by atoms with van der Waals surface area (Å²) in [5, 5.41) is 2.41. The normalized spacial score (nSPS) is 11.6. The van der Waals surface area contributed by atoms with Gasteiger partial charge in [-0.1, -0.05) is 0 Å². The van der Waals surface area contributed by atoms with Gasteiger partial charge in [0.2, 0.25) is 0 Å². The molecule has 1 N–H and O–H groups in total. The Kier molecular flexibility index (Phi) is 4.12. The van der Waals surface area contributed by atoms with E-state index in [4.69, 9.17) is 4.42 Å². The van der Waals surface area contributed by atoms with Crippen molar-refractivity contribution in [3.8, 4) is 11.3 Å². The highest BCUT2D eigenvalue weighted by atomic mass is 19.4. The van der Waals surface area contributed by atoms with Crippen molar-refractivity contribution in [3.63, 3.8) is 0 Å². The Morgan fingerprint density at radius 3 is 2.44 bits per heavy atom. The number of hydrogen-bond donors (Lipinski definition) is 1. The minimum atomic E-state index is -4.65. The molecule has 0 aliphatic heterocycles. The number of alkyl halides is 3. The average molecular weight is 352 g/mol. The fourth-order valence-electron chi connectivity index (χ4n) is 2.41. The van der Waals surface area contributed by atoms with Gasteiger partial charge in [0, 0.05) is 31.1 Å². The van der Waals surface area contributed by atoms with Crippen LogP contribution in [0.5, 0.6) is 0 Å². The van der Waals surface area contributed by atoms with Gasteiger partial charge in [0.1, 0.15) is 5.82 Å². The van der Waals surface area contributed by atoms with Gasteiger partial charge in [-0.15, -0.1) is 0 Å². The number of carbonyl (C=O) groups is 1. The number of amides is 1. The fraction of sp³-hybridized carbons (Fsp3) is 0.118. The van der Waals surface area contributed by atoms with Crippen LogP contribution in [-0.4, -0.2) is 10.5 Å². The lowest BCUT2D eigenvalue weighted by Gasteiger charge is -2.09. The molecule has 2 heterocycles. The number of furan rings is 1. The zero-order valence-corrected chi connectivity index (χ0v) is 12.9. The Hall–Kier alpha value is -3.03. The molecule has 0 saturated carbocycles. The molecule has 25 heavy (non-hydrogen) atoms. The Morgan fingerprint density at radius 2 is 1.80 bits per heavy atom. The van der Waals surface area contributed by atoms with E-state index in [0.29, 0.717) is 5.56 Å². The van der Waals surface area contributed by atoms with Crippen molar-refractivity contribution in [2.24, 2.45) is 7.05 Å². The molecule has 0 radical (unpaired) electrons. The summed E-state index contributed by atoms with van der Waals surface area (Å²) < 4.78 is 58.5. The monoisotopic (exact) mass is 352 g/mol. The zero-order chi connectivity index (χ0) is 18.2. The largest absolute Gasteiger partial charge is 0.462 e. The van der Waals surface area contributed by atoms with Gasteiger partial charge in [-0.3, -0.25) is 4.79 Å². The van der Waals surface area contributed by atoms with Crippen molar-refractivity contribution in [3.05, 3.63) is 65.9 Å². The van der Waals surface area contributed by atoms with E-state index >= 15 is 0 Å². The van der Waals surface area contributed by atoms with Crippen molar-refractivity contribution in [1.29, 1.82) is 0 Å². The first-order valence-corrected chi connectivity index (χ1v) is 7.13. The second-order valence-corrected chi connectivity index (χ2v) is 5.37. The molecule has 4 nitrogen and oxygen atoms in total. The number of nitrogens with zero attached hydrogens (tertiary/aromatic N) is 1. The summed E-state index contributed by atoms with van der Waals surface area (Å²) in [6.07, 6.45) is -1.44. The number of benzene rings is 1. The van der Waals surface area contributed by atoms with Crippen LogP contribution >= 0.6 is 0 Å². The van der Waals surface area contributed by atoms with Gasteiger partial charge in [-0.25, -0.2) is 4.39 Å². The van der Waals surface area contributed by atoms with Gasteiger partial charge in [0.05, 0.1) is 23.1 Å². The van der Waals surface area contributed by atoms with Gasteiger partial charge < -0.3 is 14.3 Å². The second-order valence-electron chi connectivity index (χ2n) is 5.37. The highest BCUT2D eigenvalue weighted by molar-refractivity contribution is 6.06. The van der Waals surface area contributed by atoms with Crippen LogP contribution in [0.15, 0.2) is 53.4 Å². The first-order chi connectivity index (χ1) is 11.8. The smallest absolute Gasteiger partial charge is 0.418 e. The molecule has 0 aliphatic rings. The molecular formula is C17H12F4N2O2. The quantitative estimate of drug-likeness (QED) is 0.695. The SMILES string of the molecule is Cn1cc(C(=O)Nc2ccoc2-c2ccc(F)cc2)c(C(F)(F)F)c1. The molecule has 0 aliphatic carbocycles. The topological polar surface area (TPSA) is 47.2 Å². The highest BCUT2D eigenvalue weighted by Gasteiger charge is 2.36. The Bertz CT molecular complexity index is 908. The van der Waals surface area contributed by atoms with Crippen LogP contribution in [0.2, 0.25) is 0 Å². The maximum absolute atomic E-state index is 13.0. The third-order valence-electron chi connectivity index (χ3n) is 3.53. The number of hydrogen-bond acceptors (Lipinski definition) is 2. The van der Waals surface area contributed by atoms with E-state index in [9.17, 15) is 22.4 Å². The summed E-state index contributed by atoms with van der Waals surface area (Å²) in [4.78, 5) is 12.3. The van der Waals surface area contributed by atoms with Crippen LogP contribution < -0.4 is 5.32 Å². The molecular weight excluding hydrogens is 340 g/mol. The van der Waals surface area contributed by atoms with E-state index in [2.05, 4.69) is 5.32 Å². The lowest BCUT2D eigenvalue weighted by Crippen LogP contribution is -2.16. The standard InChI is InChI=1S/C17H12F4N2O2/c1-23-8-12(13(9-23)17(19,20)21)16(24)22-14-6-7-25-15(14)10-2-4-11(18)5-3-10/h2-9H,1H3,(H,22,24). The maximum Gasteiger partial charge on any atom is 0.418 e. The van der Waals surface area contributed by atoms with Crippen LogP contribution in [0.25, 0.3) is 11.3 Å². The summed E-state index contributed by atoms with van der Waals surface area (Å²) in [5.74, 6) is -1.14. The first kappa shape index (κ1) is 16.8. The van der Waals surface area contributed by atoms with Crippen molar-refractivity contribution in [1.82, 2.24) is 4.57 Å². The van der Waals surface area contributed by atoms with Crippen LogP contribution in [0, 0.1) is 5.82 Å². The molecule has 1 aromatic carbocycles. The molecule has 3 rings (SSSR count). The van der Waals surface area contributed by atoms with E-state index in [-0.39, 0.29) is 11.4 Å². The van der Waals surface area contributed by atoms with E-state index in [1.54, 1.807) is 0 Å². The molecule has 8 heteroatoms. The first-order valence-electron chi connectivity index (χ1n) is 7.13. The molecule has 2 aromatic heterocycles. The number of nitrogens with one attached hydrogen (secondary N) is 1. The molecule has 0 atom stereocenters. The summed E-state index contributed by atoms with van der Waals surface area (Å²) in [5.41, 5.74) is -0.861. The lowest BCUT2D eigenvalue weighted by atomic mass is 10.1. The van der Waals surface area contributed by atoms with Gasteiger partial charge in [0.15, 0.2) is 5.76 Å². The zero-order valence-electron chi connectivity index (χ0n) is 12.9. The molecule has 3 aromatic rings. The van der Waals surface area contributed by atoms with Gasteiger partial charge in [-0.05, 0) is 24.3 Å². The predicted molar refractivity (Wildman–Crippen MR) is 82.5 cm³/mol. The van der Waals surface area contributed by atoms with Gasteiger partial charge in [0.25, 0.3) is 5.91 Å². The molecule has 1 amide bonds. The number of aromatic nitrogens is 1. The van der Waals surface area contributed by atoms with Gasteiger partial charge in [-0.2, -0.15) is 13.2 Å². The molecule has 0 bridgehead atoms. The maximum atomic E-state index is 13.0. The van der Waals surface area contributed by atoms with Crippen molar-refractivity contribution >= 4 is 11.6 Å². The van der Waals surface area contributed by atoms with Crippen LogP contribution in [0.4, 0.5) is 23.2 Å². The summed E-state index contributed by atoms with van der Waals surface area (Å²) in [7, 11) is 1.40. The Labute approximate surface area is 139 Å². The predicted octanol–water partition coefficient (Wildman–Crippen LogP) is 4.70. The molecule has 130 valence electrons. The number of anilines is 1. The van der Waals surface area contributed by atoms with E-state index in [1.165, 1.54) is 43.6 Å². The summed E-state index contributed by atoms with van der Waals surface area (Å²) in [6.45, 7) is 0. The lowest BCUT2D eigenvalue weighted by molar-refractivity contribution is -0.137. The van der Waals surface area contributed by atoms with E-state index in [1.807, 2.05) is 0 Å². The average Bonchev–Trinajstić information content (AvgIpc) is 3.14. The third-order valence-corrected chi connectivity index (χ3v) is 3.53. The molecule has 0 saturated heterocycles. The van der Waals surface area contributed by atoms with Gasteiger partial charge >= 0.3 is 6.18 Å². The minimum absolute atomic E-state index is 0.189. The number of rotatable bonds is 3. The fourth-order valence-corrected chi connectivity index (χ4v) is 2.41. The minimum Gasteiger partial charge on any atom is -0.462 e. The Morgan fingerprint density at radius 1 is 1.12 bits per heavy atom. The van der Waals surface area contributed by atoms with Crippen molar-refractivity contribution in [2.75, 3.05) is 5.32 Å². The second kappa shape index (κ2) is 6.12. The summed E-state index contributed by atoms with van der Waals surface area (Å²) in [6, 6.07) is 6.71. The third kappa shape index (κ3) is 3.42. The summed E-state index contributed by atoms with van der Waals surface area (Å²) >= 11 is 0. The number of aryl methyl sites for hydroxylation is 1. The van der Waals surface area contributed by atoms with Crippen molar-refractivity contribution in [2.45, 2.75) is 6.18 Å². The van der Waals surface area contributed by atoms with Crippen LogP contribution in [0.3, 0.4) is 0 Å². The number of carbonyl (C=O) groups excluding carboxylic acids is 1.